The summed E-state index contributed by atoms with van der Waals surface area (Å²) in [6.07, 6.45) is 1.18. The van der Waals surface area contributed by atoms with Gasteiger partial charge in [0.05, 0.1) is 6.10 Å². The van der Waals surface area contributed by atoms with Gasteiger partial charge in [0.15, 0.2) is 6.10 Å². The average molecular weight is 113 g/mol. The Morgan fingerprint density at radius 3 is 3.25 bits per heavy atom. The lowest BCUT2D eigenvalue weighted by Gasteiger charge is -2.04. The third kappa shape index (κ3) is 0.448. The number of ether oxygens (including phenoxy) is 1. The van der Waals surface area contributed by atoms with E-state index in [1.165, 1.54) is 0 Å². The zero-order valence-electron chi connectivity index (χ0n) is 4.39. The zero-order chi connectivity index (χ0) is 5.56. The molecule has 1 N–H and O–H groups in total. The van der Waals surface area contributed by atoms with Crippen molar-refractivity contribution in [1.82, 2.24) is 5.32 Å². The quantitative estimate of drug-likeness (QED) is 0.421. The topological polar surface area (TPSA) is 41.6 Å². The highest BCUT2D eigenvalue weighted by molar-refractivity contribution is 5.84. The molecule has 2 atom stereocenters. The standard InChI is InChI=1S/C5H7NO2/c7-5-4-3(8-4)1-2-6-5/h3-4H,1-2H2,(H,6,7)/t3-,4-/m1/s1. The van der Waals surface area contributed by atoms with Crippen molar-refractivity contribution in [2.24, 2.45) is 0 Å². The van der Waals surface area contributed by atoms with Crippen LogP contribution in [0.1, 0.15) is 6.42 Å². The molecule has 0 radical (unpaired) electrons. The van der Waals surface area contributed by atoms with E-state index in [9.17, 15) is 4.79 Å². The number of fused-ring (bicyclic) bond motifs is 1. The molecule has 0 bridgehead atoms. The summed E-state index contributed by atoms with van der Waals surface area (Å²) in [6, 6.07) is 0. The smallest absolute Gasteiger partial charge is 0.251 e. The molecule has 0 aromatic carbocycles. The normalized spacial score (nSPS) is 42.8. The molecule has 2 aliphatic rings. The van der Waals surface area contributed by atoms with Crippen molar-refractivity contribution < 1.29 is 9.53 Å². The van der Waals surface area contributed by atoms with Gasteiger partial charge in [-0.1, -0.05) is 0 Å². The number of carbonyl (C=O) groups is 1. The Bertz CT molecular complexity index is 134. The minimum Gasteiger partial charge on any atom is -0.359 e. The maximum atomic E-state index is 10.6. The molecule has 3 heteroatoms. The van der Waals surface area contributed by atoms with Gasteiger partial charge in [-0.15, -0.1) is 0 Å². The van der Waals surface area contributed by atoms with Crippen LogP contribution in [-0.2, 0) is 9.53 Å². The van der Waals surface area contributed by atoms with E-state index in [0.29, 0.717) is 0 Å². The molecule has 2 aliphatic heterocycles. The van der Waals surface area contributed by atoms with Crippen LogP contribution in [0.5, 0.6) is 0 Å². The zero-order valence-corrected chi connectivity index (χ0v) is 4.39. The Balaban J connectivity index is 2.08. The van der Waals surface area contributed by atoms with E-state index in [2.05, 4.69) is 5.32 Å². The Morgan fingerprint density at radius 2 is 2.62 bits per heavy atom. The lowest BCUT2D eigenvalue weighted by atomic mass is 10.2. The van der Waals surface area contributed by atoms with Crippen LogP contribution in [0.3, 0.4) is 0 Å². The van der Waals surface area contributed by atoms with Gasteiger partial charge < -0.3 is 10.1 Å². The summed E-state index contributed by atoms with van der Waals surface area (Å²) < 4.78 is 4.98. The third-order valence-electron chi connectivity index (χ3n) is 1.57. The second kappa shape index (κ2) is 1.23. The van der Waals surface area contributed by atoms with Crippen LogP contribution < -0.4 is 5.32 Å². The molecule has 0 saturated carbocycles. The van der Waals surface area contributed by atoms with E-state index in [1.54, 1.807) is 0 Å². The van der Waals surface area contributed by atoms with Gasteiger partial charge in [0.1, 0.15) is 0 Å². The second-order valence-electron chi connectivity index (χ2n) is 2.17. The molecule has 0 aromatic heterocycles. The molecule has 3 nitrogen and oxygen atoms in total. The van der Waals surface area contributed by atoms with Crippen molar-refractivity contribution in [3.63, 3.8) is 0 Å². The number of amides is 1. The molecule has 2 saturated heterocycles. The highest BCUT2D eigenvalue weighted by Crippen LogP contribution is 2.27. The number of hydrogen-bond donors (Lipinski definition) is 1. The van der Waals surface area contributed by atoms with Gasteiger partial charge >= 0.3 is 0 Å². The molecular weight excluding hydrogens is 106 g/mol. The molecular formula is C5H7NO2. The van der Waals surface area contributed by atoms with Gasteiger partial charge in [0.2, 0.25) is 0 Å². The first-order chi connectivity index (χ1) is 3.88. The van der Waals surface area contributed by atoms with Crippen molar-refractivity contribution in [3.05, 3.63) is 0 Å². The Kier molecular flexibility index (Phi) is 0.663. The summed E-state index contributed by atoms with van der Waals surface area (Å²) in [4.78, 5) is 10.6. The van der Waals surface area contributed by atoms with Gasteiger partial charge in [0.25, 0.3) is 5.91 Å². The molecule has 2 rings (SSSR count). The van der Waals surface area contributed by atoms with Gasteiger partial charge in [-0.3, -0.25) is 4.79 Å². The van der Waals surface area contributed by atoms with E-state index >= 15 is 0 Å². The lowest BCUT2D eigenvalue weighted by molar-refractivity contribution is -0.122. The van der Waals surface area contributed by atoms with Crippen molar-refractivity contribution in [2.75, 3.05) is 6.54 Å². The van der Waals surface area contributed by atoms with Crippen LogP contribution in [-0.4, -0.2) is 24.7 Å². The molecule has 44 valence electrons. The van der Waals surface area contributed by atoms with Crippen molar-refractivity contribution in [3.8, 4) is 0 Å². The van der Waals surface area contributed by atoms with Crippen LogP contribution in [0, 0.1) is 0 Å². The maximum Gasteiger partial charge on any atom is 0.251 e. The number of hydrogen-bond acceptors (Lipinski definition) is 2. The highest BCUT2D eigenvalue weighted by atomic mass is 16.6. The SMILES string of the molecule is O=C1NCC[C@H]2O[C@@H]12. The second-order valence-corrected chi connectivity index (χ2v) is 2.17. The number of rotatable bonds is 0. The fourth-order valence-corrected chi connectivity index (χ4v) is 1.03. The number of piperidine rings is 1. The highest BCUT2D eigenvalue weighted by Gasteiger charge is 2.46. The Morgan fingerprint density at radius 1 is 1.75 bits per heavy atom. The van der Waals surface area contributed by atoms with Crippen LogP contribution in [0.4, 0.5) is 0 Å². The molecule has 1 amide bonds. The van der Waals surface area contributed by atoms with Crippen molar-refractivity contribution in [1.29, 1.82) is 0 Å². The molecule has 2 fully saturated rings. The largest absolute Gasteiger partial charge is 0.359 e. The summed E-state index contributed by atoms with van der Waals surface area (Å²) in [5, 5.41) is 2.71. The summed E-state index contributed by atoms with van der Waals surface area (Å²) in [6.45, 7) is 0.792. The number of carbonyl (C=O) groups excluding carboxylic acids is 1. The molecule has 0 spiro atoms. The van der Waals surface area contributed by atoms with Crippen LogP contribution >= 0.6 is 0 Å². The molecule has 0 aliphatic carbocycles. The summed E-state index contributed by atoms with van der Waals surface area (Å²) in [5.74, 6) is 0.0706. The van der Waals surface area contributed by atoms with Gasteiger partial charge in [0, 0.05) is 6.54 Å². The summed E-state index contributed by atoms with van der Waals surface area (Å²) in [5.41, 5.74) is 0. The predicted molar refractivity (Wildman–Crippen MR) is 26.3 cm³/mol. The first-order valence-electron chi connectivity index (χ1n) is 2.81. The molecule has 8 heavy (non-hydrogen) atoms. The van der Waals surface area contributed by atoms with E-state index in [4.69, 9.17) is 4.74 Å². The van der Waals surface area contributed by atoms with Crippen LogP contribution in [0.2, 0.25) is 0 Å². The minimum absolute atomic E-state index is 0.0706. The minimum atomic E-state index is -0.0799. The van der Waals surface area contributed by atoms with Gasteiger partial charge in [-0.2, -0.15) is 0 Å². The first-order valence-corrected chi connectivity index (χ1v) is 2.81. The number of epoxide rings is 1. The van der Waals surface area contributed by atoms with E-state index in [0.717, 1.165) is 13.0 Å². The third-order valence-corrected chi connectivity index (χ3v) is 1.57. The van der Waals surface area contributed by atoms with Crippen molar-refractivity contribution in [2.45, 2.75) is 18.6 Å². The summed E-state index contributed by atoms with van der Waals surface area (Å²) >= 11 is 0. The van der Waals surface area contributed by atoms with E-state index in [1.807, 2.05) is 0 Å². The molecule has 2 heterocycles. The average Bonchev–Trinajstić information content (AvgIpc) is 2.45. The monoisotopic (exact) mass is 113 g/mol. The number of nitrogens with one attached hydrogen (secondary N) is 1. The van der Waals surface area contributed by atoms with Crippen LogP contribution in [0.15, 0.2) is 0 Å². The van der Waals surface area contributed by atoms with Crippen LogP contribution in [0.25, 0.3) is 0 Å². The Labute approximate surface area is 47.0 Å². The lowest BCUT2D eigenvalue weighted by Crippen LogP contribution is -2.34. The predicted octanol–water partition coefficient (Wildman–Crippen LogP) is -0.726. The van der Waals surface area contributed by atoms with E-state index < -0.39 is 0 Å². The molecule has 0 aromatic rings. The summed E-state index contributed by atoms with van der Waals surface area (Å²) in [7, 11) is 0. The van der Waals surface area contributed by atoms with Crippen molar-refractivity contribution >= 4 is 5.91 Å². The maximum absolute atomic E-state index is 10.6. The fraction of sp³-hybridized carbons (Fsp3) is 0.800. The fourth-order valence-electron chi connectivity index (χ4n) is 1.03. The molecule has 0 unspecified atom stereocenters. The van der Waals surface area contributed by atoms with Gasteiger partial charge in [-0.25, -0.2) is 0 Å². The van der Waals surface area contributed by atoms with E-state index in [-0.39, 0.29) is 18.1 Å². The first kappa shape index (κ1) is 4.32. The Hall–Kier alpha value is -0.570. The van der Waals surface area contributed by atoms with Gasteiger partial charge in [-0.05, 0) is 6.42 Å².